The first kappa shape index (κ1) is 13.3. The Balaban J connectivity index is 2.03. The molecule has 0 bridgehead atoms. The second-order valence-electron chi connectivity index (χ2n) is 5.55. The molecule has 0 aliphatic heterocycles. The molecule has 0 aliphatic carbocycles. The predicted molar refractivity (Wildman–Crippen MR) is 94.4 cm³/mol. The molecular formula is C20H14ClN. The van der Waals surface area contributed by atoms with E-state index in [9.17, 15) is 0 Å². The van der Waals surface area contributed by atoms with Gasteiger partial charge in [-0.15, -0.1) is 0 Å². The van der Waals surface area contributed by atoms with Gasteiger partial charge in [-0.2, -0.15) is 0 Å². The summed E-state index contributed by atoms with van der Waals surface area (Å²) in [6.45, 7) is 2.06. The number of aromatic nitrogens is 1. The molecule has 0 atom stereocenters. The Morgan fingerprint density at radius 2 is 1.59 bits per heavy atom. The number of hydrogen-bond acceptors (Lipinski definition) is 1. The van der Waals surface area contributed by atoms with Crippen LogP contribution in [0.5, 0.6) is 0 Å². The van der Waals surface area contributed by atoms with Crippen LogP contribution in [0.25, 0.3) is 32.8 Å². The second-order valence-corrected chi connectivity index (χ2v) is 5.91. The van der Waals surface area contributed by atoms with Crippen molar-refractivity contribution in [2.24, 2.45) is 0 Å². The van der Waals surface area contributed by atoms with E-state index in [-0.39, 0.29) is 0 Å². The van der Waals surface area contributed by atoms with E-state index in [0.717, 1.165) is 22.0 Å². The number of aryl methyl sites for hydroxylation is 1. The van der Waals surface area contributed by atoms with Gasteiger partial charge in [-0.05, 0) is 35.2 Å². The maximum atomic E-state index is 6.42. The van der Waals surface area contributed by atoms with Gasteiger partial charge in [0, 0.05) is 10.9 Å². The highest BCUT2D eigenvalue weighted by Gasteiger charge is 2.09. The van der Waals surface area contributed by atoms with Gasteiger partial charge in [0.15, 0.2) is 0 Å². The van der Waals surface area contributed by atoms with Gasteiger partial charge in [-0.3, -0.25) is 0 Å². The number of hydrogen-bond donors (Lipinski definition) is 0. The number of fused-ring (bicyclic) bond motifs is 2. The van der Waals surface area contributed by atoms with Gasteiger partial charge in [0.25, 0.3) is 0 Å². The smallest absolute Gasteiger partial charge is 0.137 e. The minimum Gasteiger partial charge on any atom is -0.235 e. The minimum atomic E-state index is 0.559. The first-order valence-corrected chi connectivity index (χ1v) is 7.65. The van der Waals surface area contributed by atoms with Gasteiger partial charge < -0.3 is 0 Å². The first-order valence-electron chi connectivity index (χ1n) is 7.27. The Kier molecular flexibility index (Phi) is 3.09. The van der Waals surface area contributed by atoms with Gasteiger partial charge in [-0.25, -0.2) is 4.98 Å². The van der Waals surface area contributed by atoms with E-state index in [1.165, 1.54) is 16.3 Å². The number of pyridine rings is 1. The van der Waals surface area contributed by atoms with Crippen molar-refractivity contribution in [2.75, 3.05) is 0 Å². The van der Waals surface area contributed by atoms with Crippen molar-refractivity contribution >= 4 is 33.1 Å². The van der Waals surface area contributed by atoms with Crippen LogP contribution in [0.2, 0.25) is 5.15 Å². The van der Waals surface area contributed by atoms with E-state index in [1.807, 2.05) is 0 Å². The number of halogens is 1. The number of nitrogens with zero attached hydrogens (tertiary/aromatic N) is 1. The van der Waals surface area contributed by atoms with E-state index >= 15 is 0 Å². The predicted octanol–water partition coefficient (Wildman–Crippen LogP) is 6.02. The second kappa shape index (κ2) is 5.11. The standard InChI is InChI=1S/C20H14ClN/c1-13-9-10-15-12-19(22-20(21)18(15)11-13)17-8-4-6-14-5-2-3-7-16(14)17/h2-12H,1H3. The van der Waals surface area contributed by atoms with Crippen molar-refractivity contribution in [3.05, 3.63) is 77.4 Å². The molecule has 4 aromatic rings. The van der Waals surface area contributed by atoms with Gasteiger partial charge in [0.2, 0.25) is 0 Å². The largest absolute Gasteiger partial charge is 0.235 e. The molecule has 1 nitrogen and oxygen atoms in total. The third kappa shape index (κ3) is 2.15. The molecule has 0 radical (unpaired) electrons. The third-order valence-electron chi connectivity index (χ3n) is 4.01. The highest BCUT2D eigenvalue weighted by atomic mass is 35.5. The molecule has 22 heavy (non-hydrogen) atoms. The molecule has 4 rings (SSSR count). The molecule has 0 fully saturated rings. The van der Waals surface area contributed by atoms with Crippen molar-refractivity contribution in [1.82, 2.24) is 4.98 Å². The monoisotopic (exact) mass is 303 g/mol. The van der Waals surface area contributed by atoms with Crippen molar-refractivity contribution < 1.29 is 0 Å². The van der Waals surface area contributed by atoms with Crippen LogP contribution in [0.4, 0.5) is 0 Å². The van der Waals surface area contributed by atoms with Crippen LogP contribution >= 0.6 is 11.6 Å². The molecule has 3 aromatic carbocycles. The van der Waals surface area contributed by atoms with Crippen LogP contribution in [-0.4, -0.2) is 4.98 Å². The Bertz CT molecular complexity index is 1000. The van der Waals surface area contributed by atoms with Gasteiger partial charge in [0.1, 0.15) is 5.15 Å². The molecule has 0 aliphatic rings. The lowest BCUT2D eigenvalue weighted by Gasteiger charge is -2.09. The summed E-state index contributed by atoms with van der Waals surface area (Å²) in [7, 11) is 0. The van der Waals surface area contributed by atoms with Gasteiger partial charge >= 0.3 is 0 Å². The summed E-state index contributed by atoms with van der Waals surface area (Å²) in [4.78, 5) is 4.63. The SMILES string of the molecule is Cc1ccc2cc(-c3cccc4ccccc34)nc(Cl)c2c1. The van der Waals surface area contributed by atoms with Crippen LogP contribution in [0.15, 0.2) is 66.7 Å². The normalized spacial score (nSPS) is 11.2. The first-order chi connectivity index (χ1) is 10.7. The lowest BCUT2D eigenvalue weighted by atomic mass is 10.00. The summed E-state index contributed by atoms with van der Waals surface area (Å²) in [5, 5.41) is 5.09. The average molecular weight is 304 g/mol. The van der Waals surface area contributed by atoms with Crippen molar-refractivity contribution in [3.8, 4) is 11.3 Å². The lowest BCUT2D eigenvalue weighted by molar-refractivity contribution is 1.36. The molecule has 0 amide bonds. The Morgan fingerprint density at radius 3 is 2.50 bits per heavy atom. The summed E-state index contributed by atoms with van der Waals surface area (Å²) in [5.41, 5.74) is 3.22. The topological polar surface area (TPSA) is 12.9 Å². The molecule has 0 saturated heterocycles. The molecule has 1 heterocycles. The quantitative estimate of drug-likeness (QED) is 0.392. The average Bonchev–Trinajstić information content (AvgIpc) is 2.55. The third-order valence-corrected chi connectivity index (χ3v) is 4.30. The summed E-state index contributed by atoms with van der Waals surface area (Å²) in [5.74, 6) is 0. The highest BCUT2D eigenvalue weighted by Crippen LogP contribution is 2.32. The summed E-state index contributed by atoms with van der Waals surface area (Å²) in [6.07, 6.45) is 0. The highest BCUT2D eigenvalue weighted by molar-refractivity contribution is 6.34. The molecular weight excluding hydrogens is 290 g/mol. The van der Waals surface area contributed by atoms with Crippen LogP contribution in [-0.2, 0) is 0 Å². The van der Waals surface area contributed by atoms with E-state index in [2.05, 4.69) is 78.6 Å². The van der Waals surface area contributed by atoms with Crippen molar-refractivity contribution in [1.29, 1.82) is 0 Å². The van der Waals surface area contributed by atoms with E-state index in [1.54, 1.807) is 0 Å². The molecule has 0 N–H and O–H groups in total. The maximum absolute atomic E-state index is 6.42. The zero-order chi connectivity index (χ0) is 15.1. The number of rotatable bonds is 1. The van der Waals surface area contributed by atoms with Gasteiger partial charge in [0.05, 0.1) is 5.69 Å². The Morgan fingerprint density at radius 1 is 0.773 bits per heavy atom. The van der Waals surface area contributed by atoms with Crippen LogP contribution in [0, 0.1) is 6.92 Å². The molecule has 106 valence electrons. The fraction of sp³-hybridized carbons (Fsp3) is 0.0500. The number of benzene rings is 3. The van der Waals surface area contributed by atoms with Crippen molar-refractivity contribution in [2.45, 2.75) is 6.92 Å². The maximum Gasteiger partial charge on any atom is 0.137 e. The lowest BCUT2D eigenvalue weighted by Crippen LogP contribution is -1.88. The van der Waals surface area contributed by atoms with Crippen LogP contribution in [0.3, 0.4) is 0 Å². The van der Waals surface area contributed by atoms with E-state index in [0.29, 0.717) is 5.15 Å². The molecule has 0 unspecified atom stereocenters. The van der Waals surface area contributed by atoms with Crippen molar-refractivity contribution in [3.63, 3.8) is 0 Å². The van der Waals surface area contributed by atoms with E-state index in [4.69, 9.17) is 11.6 Å². The molecule has 0 saturated carbocycles. The molecule has 1 aromatic heterocycles. The van der Waals surface area contributed by atoms with Crippen LogP contribution < -0.4 is 0 Å². The van der Waals surface area contributed by atoms with E-state index < -0.39 is 0 Å². The summed E-state index contributed by atoms with van der Waals surface area (Å²) in [6, 6.07) is 23.0. The Hall–Kier alpha value is -2.38. The fourth-order valence-corrected chi connectivity index (χ4v) is 3.16. The minimum absolute atomic E-state index is 0.559. The van der Waals surface area contributed by atoms with Crippen LogP contribution in [0.1, 0.15) is 5.56 Å². The Labute approximate surface area is 134 Å². The van der Waals surface area contributed by atoms with Gasteiger partial charge in [-0.1, -0.05) is 71.8 Å². The molecule has 0 spiro atoms. The summed E-state index contributed by atoms with van der Waals surface area (Å²) >= 11 is 6.42. The zero-order valence-electron chi connectivity index (χ0n) is 12.2. The fourth-order valence-electron chi connectivity index (χ4n) is 2.91. The summed E-state index contributed by atoms with van der Waals surface area (Å²) < 4.78 is 0. The molecule has 2 heteroatoms. The zero-order valence-corrected chi connectivity index (χ0v) is 12.9.